The predicted octanol–water partition coefficient (Wildman–Crippen LogP) is 2.51. The van der Waals surface area contributed by atoms with E-state index in [1.54, 1.807) is 0 Å². The molecule has 1 aliphatic rings. The van der Waals surface area contributed by atoms with Gasteiger partial charge in [0.25, 0.3) is 0 Å². The minimum absolute atomic E-state index is 0.303. The molecule has 0 aromatic heterocycles. The van der Waals surface area contributed by atoms with Crippen molar-refractivity contribution < 1.29 is 4.79 Å². The fourth-order valence-electron chi connectivity index (χ4n) is 2.48. The lowest BCUT2D eigenvalue weighted by atomic mass is 9.89. The molecule has 2 N–H and O–H groups in total. The maximum Gasteiger partial charge on any atom is 0.136 e. The third-order valence-corrected chi connectivity index (χ3v) is 3.40. The number of carbonyl (C=O) groups excluding carboxylic acids is 1. The molecular weight excluding hydrogens is 174 g/mol. The lowest BCUT2D eigenvalue weighted by Crippen LogP contribution is -2.25. The van der Waals surface area contributed by atoms with Gasteiger partial charge in [0.2, 0.25) is 0 Å². The van der Waals surface area contributed by atoms with Crippen LogP contribution in [0.4, 0.5) is 0 Å². The summed E-state index contributed by atoms with van der Waals surface area (Å²) in [6, 6.07) is 0. The molecule has 1 rings (SSSR count). The van der Waals surface area contributed by atoms with E-state index in [1.165, 1.54) is 25.7 Å². The maximum atomic E-state index is 11.8. The van der Waals surface area contributed by atoms with Gasteiger partial charge in [0.1, 0.15) is 5.78 Å². The van der Waals surface area contributed by atoms with E-state index in [9.17, 15) is 4.79 Å². The third-order valence-electron chi connectivity index (χ3n) is 3.40. The molecule has 1 fully saturated rings. The first kappa shape index (κ1) is 11.7. The summed E-state index contributed by atoms with van der Waals surface area (Å²) in [5.41, 5.74) is 5.66. The molecule has 2 nitrogen and oxygen atoms in total. The number of carbonyl (C=O) groups is 1. The third kappa shape index (κ3) is 3.09. The van der Waals surface area contributed by atoms with Crippen LogP contribution in [-0.2, 0) is 4.79 Å². The van der Waals surface area contributed by atoms with Crippen molar-refractivity contribution in [2.75, 3.05) is 6.54 Å². The highest BCUT2D eigenvalue weighted by atomic mass is 16.1. The van der Waals surface area contributed by atoms with Crippen molar-refractivity contribution in [1.29, 1.82) is 0 Å². The van der Waals surface area contributed by atoms with Crippen LogP contribution in [0, 0.1) is 11.8 Å². The second-order valence-electron chi connectivity index (χ2n) is 4.46. The first-order valence-corrected chi connectivity index (χ1v) is 6.02. The van der Waals surface area contributed by atoms with Crippen molar-refractivity contribution in [2.24, 2.45) is 17.6 Å². The summed E-state index contributed by atoms with van der Waals surface area (Å²) in [7, 11) is 0. The lowest BCUT2D eigenvalue weighted by molar-refractivity contribution is -0.123. The molecule has 0 aliphatic heterocycles. The highest BCUT2D eigenvalue weighted by Crippen LogP contribution is 2.32. The zero-order chi connectivity index (χ0) is 10.4. The molecule has 1 aliphatic carbocycles. The van der Waals surface area contributed by atoms with Crippen LogP contribution in [0.1, 0.15) is 51.9 Å². The summed E-state index contributed by atoms with van der Waals surface area (Å²) < 4.78 is 0. The molecular formula is C12H23NO. The average Bonchev–Trinajstić information content (AvgIpc) is 2.65. The van der Waals surface area contributed by atoms with Crippen molar-refractivity contribution >= 4 is 5.78 Å². The van der Waals surface area contributed by atoms with Gasteiger partial charge in [-0.25, -0.2) is 0 Å². The topological polar surface area (TPSA) is 43.1 Å². The monoisotopic (exact) mass is 197 g/mol. The normalized spacial score (nSPS) is 26.7. The number of ketones is 1. The molecule has 82 valence electrons. The van der Waals surface area contributed by atoms with Gasteiger partial charge in [0.15, 0.2) is 0 Å². The van der Waals surface area contributed by atoms with Crippen LogP contribution in [0.2, 0.25) is 0 Å². The SMILES string of the molecule is CCCCCC(=O)C1CCCC1CN. The van der Waals surface area contributed by atoms with E-state index < -0.39 is 0 Å². The fourth-order valence-corrected chi connectivity index (χ4v) is 2.48. The van der Waals surface area contributed by atoms with Crippen LogP contribution in [-0.4, -0.2) is 12.3 Å². The van der Waals surface area contributed by atoms with Crippen LogP contribution in [0.5, 0.6) is 0 Å². The highest BCUT2D eigenvalue weighted by molar-refractivity contribution is 5.81. The Morgan fingerprint density at radius 3 is 2.79 bits per heavy atom. The minimum Gasteiger partial charge on any atom is -0.330 e. The molecule has 1 saturated carbocycles. The van der Waals surface area contributed by atoms with Gasteiger partial charge in [-0.15, -0.1) is 0 Å². The van der Waals surface area contributed by atoms with Crippen molar-refractivity contribution in [1.82, 2.24) is 0 Å². The van der Waals surface area contributed by atoms with Crippen molar-refractivity contribution in [3.05, 3.63) is 0 Å². The molecule has 2 heteroatoms. The molecule has 0 saturated heterocycles. The van der Waals surface area contributed by atoms with E-state index in [1.807, 2.05) is 0 Å². The molecule has 2 unspecified atom stereocenters. The Bertz CT molecular complexity index is 179. The smallest absolute Gasteiger partial charge is 0.136 e. The summed E-state index contributed by atoms with van der Waals surface area (Å²) in [5, 5.41) is 0. The van der Waals surface area contributed by atoms with Gasteiger partial charge in [-0.2, -0.15) is 0 Å². The van der Waals surface area contributed by atoms with Gasteiger partial charge >= 0.3 is 0 Å². The first-order valence-electron chi connectivity index (χ1n) is 6.02. The van der Waals surface area contributed by atoms with E-state index in [-0.39, 0.29) is 0 Å². The Kier molecular flexibility index (Phi) is 5.16. The van der Waals surface area contributed by atoms with Gasteiger partial charge in [-0.1, -0.05) is 26.2 Å². The van der Waals surface area contributed by atoms with Crippen molar-refractivity contribution in [3.8, 4) is 0 Å². The molecule has 0 aromatic carbocycles. The Labute approximate surface area is 87.2 Å². The highest BCUT2D eigenvalue weighted by Gasteiger charge is 2.30. The van der Waals surface area contributed by atoms with E-state index in [4.69, 9.17) is 5.73 Å². The largest absolute Gasteiger partial charge is 0.330 e. The standard InChI is InChI=1S/C12H23NO/c1-2-3-4-8-12(14)11-7-5-6-10(11)9-13/h10-11H,2-9,13H2,1H3. The summed E-state index contributed by atoms with van der Waals surface area (Å²) in [5.74, 6) is 1.27. The molecule has 0 bridgehead atoms. The number of hydrogen-bond acceptors (Lipinski definition) is 2. The molecule has 2 atom stereocenters. The van der Waals surface area contributed by atoms with Crippen LogP contribution in [0.25, 0.3) is 0 Å². The molecule has 14 heavy (non-hydrogen) atoms. The summed E-state index contributed by atoms with van der Waals surface area (Å²) in [6.07, 6.45) is 7.70. The summed E-state index contributed by atoms with van der Waals surface area (Å²) in [4.78, 5) is 11.8. The van der Waals surface area contributed by atoms with E-state index >= 15 is 0 Å². The number of nitrogens with two attached hydrogens (primary N) is 1. The number of hydrogen-bond donors (Lipinski definition) is 1. The van der Waals surface area contributed by atoms with Gasteiger partial charge in [-0.05, 0) is 31.7 Å². The Hall–Kier alpha value is -0.370. The number of rotatable bonds is 6. The van der Waals surface area contributed by atoms with Crippen LogP contribution in [0.15, 0.2) is 0 Å². The van der Waals surface area contributed by atoms with Crippen LogP contribution in [0.3, 0.4) is 0 Å². The van der Waals surface area contributed by atoms with Crippen LogP contribution < -0.4 is 5.73 Å². The van der Waals surface area contributed by atoms with E-state index in [2.05, 4.69) is 6.92 Å². The Morgan fingerprint density at radius 2 is 2.14 bits per heavy atom. The number of Topliss-reactive ketones (excluding diaryl/α,β-unsaturated/α-hetero) is 1. The first-order chi connectivity index (χ1) is 6.79. The second-order valence-corrected chi connectivity index (χ2v) is 4.46. The van der Waals surface area contributed by atoms with Crippen LogP contribution >= 0.6 is 0 Å². The molecule has 0 radical (unpaired) electrons. The lowest BCUT2D eigenvalue weighted by Gasteiger charge is -2.16. The maximum absolute atomic E-state index is 11.8. The van der Waals surface area contributed by atoms with Crippen molar-refractivity contribution in [2.45, 2.75) is 51.9 Å². The summed E-state index contributed by atoms with van der Waals surface area (Å²) >= 11 is 0. The predicted molar refractivity (Wildman–Crippen MR) is 59.0 cm³/mol. The fraction of sp³-hybridized carbons (Fsp3) is 0.917. The molecule has 0 aromatic rings. The minimum atomic E-state index is 0.303. The quantitative estimate of drug-likeness (QED) is 0.665. The number of unbranched alkanes of at least 4 members (excludes halogenated alkanes) is 2. The Balaban J connectivity index is 2.28. The van der Waals surface area contributed by atoms with Gasteiger partial charge in [0, 0.05) is 12.3 Å². The second kappa shape index (κ2) is 6.18. The van der Waals surface area contributed by atoms with Gasteiger partial charge in [-0.3, -0.25) is 4.79 Å². The Morgan fingerprint density at radius 1 is 1.36 bits per heavy atom. The average molecular weight is 197 g/mol. The molecule has 0 heterocycles. The van der Waals surface area contributed by atoms with Gasteiger partial charge in [0.05, 0.1) is 0 Å². The molecule has 0 amide bonds. The van der Waals surface area contributed by atoms with Crippen molar-refractivity contribution in [3.63, 3.8) is 0 Å². The summed E-state index contributed by atoms with van der Waals surface area (Å²) in [6.45, 7) is 2.87. The van der Waals surface area contributed by atoms with Gasteiger partial charge < -0.3 is 5.73 Å². The zero-order valence-corrected chi connectivity index (χ0v) is 9.30. The zero-order valence-electron chi connectivity index (χ0n) is 9.30. The van der Waals surface area contributed by atoms with E-state index in [0.29, 0.717) is 24.2 Å². The molecule has 0 spiro atoms. The van der Waals surface area contributed by atoms with E-state index in [0.717, 1.165) is 19.3 Å².